The fourth-order valence-electron chi connectivity index (χ4n) is 5.09. The van der Waals surface area contributed by atoms with E-state index in [1.807, 2.05) is 0 Å². The van der Waals surface area contributed by atoms with Crippen LogP contribution in [-0.2, 0) is 23.4 Å². The molecular weight excluding hydrogens is 591 g/mol. The Balaban J connectivity index is 1.32. The van der Waals surface area contributed by atoms with Crippen LogP contribution in [0.25, 0.3) is 11.2 Å². The highest BCUT2D eigenvalue weighted by atomic mass is 35.5. The SMILES string of the molecule is C[C@H](NP(=O)(OC[C@H]1O[C@@H](n2cnc3c(=O)[nH]c(N)nc32)[C@](C)(Cl)[C@@H]1O)Oc1ccccc1)C(=O)OC1CCCCC1. The average molecular weight is 625 g/mol. The van der Waals surface area contributed by atoms with Crippen molar-refractivity contribution in [1.82, 2.24) is 24.6 Å². The van der Waals surface area contributed by atoms with Crippen LogP contribution >= 0.6 is 19.3 Å². The number of imidazole rings is 1. The number of nitrogen functional groups attached to an aromatic ring is 1. The summed E-state index contributed by atoms with van der Waals surface area (Å²) in [6, 6.07) is 7.27. The van der Waals surface area contributed by atoms with Gasteiger partial charge < -0.3 is 24.8 Å². The first kappa shape index (κ1) is 30.5. The number of benzene rings is 1. The van der Waals surface area contributed by atoms with Gasteiger partial charge in [0.2, 0.25) is 5.95 Å². The maximum Gasteiger partial charge on any atom is 0.459 e. The third kappa shape index (κ3) is 6.48. The summed E-state index contributed by atoms with van der Waals surface area (Å²) in [5, 5.41) is 13.8. The number of aliphatic hydroxyl groups excluding tert-OH is 1. The molecule has 5 N–H and O–H groups in total. The van der Waals surface area contributed by atoms with E-state index in [2.05, 4.69) is 20.0 Å². The second-order valence-corrected chi connectivity index (χ2v) is 13.2. The van der Waals surface area contributed by atoms with Gasteiger partial charge in [0.15, 0.2) is 17.4 Å². The monoisotopic (exact) mass is 624 g/mol. The number of aliphatic hydroxyl groups is 1. The Bertz CT molecular complexity index is 1510. The summed E-state index contributed by atoms with van der Waals surface area (Å²) in [6.07, 6.45) is 2.25. The molecule has 0 amide bonds. The van der Waals surface area contributed by atoms with Crippen molar-refractivity contribution in [3.05, 3.63) is 47.0 Å². The molecule has 228 valence electrons. The van der Waals surface area contributed by atoms with E-state index in [1.54, 1.807) is 30.3 Å². The molecule has 1 aliphatic carbocycles. The summed E-state index contributed by atoms with van der Waals surface area (Å²) in [6.45, 7) is 2.60. The van der Waals surface area contributed by atoms with Crippen LogP contribution in [-0.4, -0.2) is 66.4 Å². The highest BCUT2D eigenvalue weighted by Gasteiger charge is 2.54. The molecule has 0 radical (unpaired) electrons. The summed E-state index contributed by atoms with van der Waals surface area (Å²) < 4.78 is 38.5. The van der Waals surface area contributed by atoms with Crippen molar-refractivity contribution >= 4 is 42.4 Å². The topological polar surface area (TPSA) is 193 Å². The number of nitrogens with zero attached hydrogens (tertiary/aromatic N) is 3. The molecule has 6 atom stereocenters. The van der Waals surface area contributed by atoms with Crippen LogP contribution < -0.4 is 20.9 Å². The maximum atomic E-state index is 14.0. The van der Waals surface area contributed by atoms with Gasteiger partial charge >= 0.3 is 13.7 Å². The number of aromatic amines is 1. The number of ether oxygens (including phenoxy) is 2. The van der Waals surface area contributed by atoms with Gasteiger partial charge in [-0.15, -0.1) is 11.6 Å². The second-order valence-electron chi connectivity index (χ2n) is 10.6. The molecule has 1 unspecified atom stereocenters. The molecule has 42 heavy (non-hydrogen) atoms. The van der Waals surface area contributed by atoms with Crippen LogP contribution in [0.3, 0.4) is 0 Å². The van der Waals surface area contributed by atoms with E-state index in [0.29, 0.717) is 0 Å². The highest BCUT2D eigenvalue weighted by Crippen LogP contribution is 2.48. The molecule has 2 aromatic heterocycles. The van der Waals surface area contributed by atoms with Gasteiger partial charge in [-0.3, -0.25) is 23.7 Å². The van der Waals surface area contributed by atoms with Crippen molar-refractivity contribution in [2.75, 3.05) is 12.3 Å². The number of hydrogen-bond acceptors (Lipinski definition) is 11. The molecule has 5 rings (SSSR count). The minimum atomic E-state index is -4.24. The predicted octanol–water partition coefficient (Wildman–Crippen LogP) is 3.02. The molecule has 1 aromatic carbocycles. The number of fused-ring (bicyclic) bond motifs is 1. The fraction of sp³-hybridized carbons (Fsp3) is 0.538. The molecule has 1 saturated heterocycles. The standard InChI is InChI=1S/C26H34ClN6O8P/c1-15(23(36)39-16-9-5-3-6-10-16)32-42(37,41-17-11-7-4-8-12-17)38-13-18-20(34)26(2,27)24(40-18)33-14-29-19-21(33)30-25(28)31-22(19)35/h4,7-8,11-12,14-16,18,20,24,34H,3,5-6,9-10,13H2,1-2H3,(H,32,37)(H3,28,30,31,35)/t15-,18+,20+,24+,26+,42?/m0/s1. The molecule has 1 aliphatic heterocycles. The minimum absolute atomic E-state index is 0.00789. The van der Waals surface area contributed by atoms with E-state index in [9.17, 15) is 19.3 Å². The van der Waals surface area contributed by atoms with Crippen LogP contribution in [0.2, 0.25) is 0 Å². The van der Waals surface area contributed by atoms with Gasteiger partial charge in [-0.2, -0.15) is 10.1 Å². The van der Waals surface area contributed by atoms with Crippen molar-refractivity contribution in [3.8, 4) is 5.75 Å². The quantitative estimate of drug-likeness (QED) is 0.147. The number of nitrogens with two attached hydrogens (primary N) is 1. The van der Waals surface area contributed by atoms with Gasteiger partial charge in [0.1, 0.15) is 35.0 Å². The first-order chi connectivity index (χ1) is 20.0. The van der Waals surface area contributed by atoms with Gasteiger partial charge in [-0.05, 0) is 51.7 Å². The van der Waals surface area contributed by atoms with Crippen LogP contribution in [0, 0.1) is 0 Å². The number of carbonyl (C=O) groups is 1. The normalized spacial score (nSPS) is 27.0. The van der Waals surface area contributed by atoms with Crippen molar-refractivity contribution in [1.29, 1.82) is 0 Å². The number of aromatic nitrogens is 4. The van der Waals surface area contributed by atoms with Crippen LogP contribution in [0.1, 0.15) is 52.2 Å². The zero-order valence-electron chi connectivity index (χ0n) is 23.1. The minimum Gasteiger partial charge on any atom is -0.461 e. The zero-order valence-corrected chi connectivity index (χ0v) is 24.8. The predicted molar refractivity (Wildman–Crippen MR) is 153 cm³/mol. The number of rotatable bonds is 10. The van der Waals surface area contributed by atoms with Crippen molar-refractivity contribution in [3.63, 3.8) is 0 Å². The summed E-state index contributed by atoms with van der Waals surface area (Å²) in [5.74, 6) is -0.486. The largest absolute Gasteiger partial charge is 0.461 e. The molecule has 0 bridgehead atoms. The van der Waals surface area contributed by atoms with E-state index in [1.165, 1.54) is 24.7 Å². The number of hydrogen-bond donors (Lipinski definition) is 4. The first-order valence-electron chi connectivity index (χ1n) is 13.7. The number of anilines is 1. The summed E-state index contributed by atoms with van der Waals surface area (Å²) in [4.78, 5) is 34.2. The molecule has 14 nitrogen and oxygen atoms in total. The van der Waals surface area contributed by atoms with Crippen LogP contribution in [0.5, 0.6) is 5.75 Å². The molecule has 1 saturated carbocycles. The van der Waals surface area contributed by atoms with E-state index in [-0.39, 0.29) is 29.0 Å². The van der Waals surface area contributed by atoms with Crippen molar-refractivity contribution in [2.24, 2.45) is 0 Å². The lowest BCUT2D eigenvalue weighted by Gasteiger charge is -2.27. The Morgan fingerprint density at radius 1 is 1.33 bits per heavy atom. The van der Waals surface area contributed by atoms with Gasteiger partial charge in [0, 0.05) is 0 Å². The third-order valence-corrected chi connectivity index (χ3v) is 9.39. The first-order valence-corrected chi connectivity index (χ1v) is 15.6. The smallest absolute Gasteiger partial charge is 0.459 e. The Morgan fingerprint density at radius 3 is 2.76 bits per heavy atom. The molecule has 16 heteroatoms. The van der Waals surface area contributed by atoms with E-state index in [4.69, 9.17) is 35.9 Å². The third-order valence-electron chi connectivity index (χ3n) is 7.34. The Morgan fingerprint density at radius 2 is 2.05 bits per heavy atom. The lowest BCUT2D eigenvalue weighted by molar-refractivity contribution is -0.152. The molecule has 2 aliphatic rings. The number of para-hydroxylation sites is 1. The summed E-state index contributed by atoms with van der Waals surface area (Å²) >= 11 is 6.75. The average Bonchev–Trinajstić information content (AvgIpc) is 3.46. The number of nitrogens with one attached hydrogen (secondary N) is 2. The lowest BCUT2D eigenvalue weighted by atomic mass is 9.98. The molecule has 0 spiro atoms. The number of halogens is 1. The Kier molecular flexibility index (Phi) is 8.93. The van der Waals surface area contributed by atoms with E-state index in [0.717, 1.165) is 32.1 Å². The van der Waals surface area contributed by atoms with Crippen molar-refractivity contribution in [2.45, 2.75) is 81.4 Å². The molecule has 2 fully saturated rings. The number of H-pyrrole nitrogens is 1. The van der Waals surface area contributed by atoms with Gasteiger partial charge in [-0.1, -0.05) is 24.6 Å². The Labute approximate surface area is 246 Å². The summed E-state index contributed by atoms with van der Waals surface area (Å²) in [5.41, 5.74) is 5.27. The van der Waals surface area contributed by atoms with Crippen LogP contribution in [0.15, 0.2) is 41.5 Å². The molecule has 3 aromatic rings. The van der Waals surface area contributed by atoms with Gasteiger partial charge in [-0.25, -0.2) is 9.55 Å². The fourth-order valence-corrected chi connectivity index (χ4v) is 6.89. The van der Waals surface area contributed by atoms with Crippen molar-refractivity contribution < 1.29 is 33.0 Å². The molecular formula is C26H34ClN6O8P. The Hall–Kier alpha value is -3.00. The van der Waals surface area contributed by atoms with E-state index < -0.39 is 55.2 Å². The highest BCUT2D eigenvalue weighted by molar-refractivity contribution is 7.52. The van der Waals surface area contributed by atoms with E-state index >= 15 is 0 Å². The second kappa shape index (κ2) is 12.3. The van der Waals surface area contributed by atoms with Gasteiger partial charge in [0.05, 0.1) is 12.9 Å². The molecule has 3 heterocycles. The van der Waals surface area contributed by atoms with Crippen LogP contribution in [0.4, 0.5) is 5.95 Å². The zero-order chi connectivity index (χ0) is 30.1. The summed E-state index contributed by atoms with van der Waals surface area (Å²) in [7, 11) is -4.24. The lowest BCUT2D eigenvalue weighted by Crippen LogP contribution is -2.41. The number of carbonyl (C=O) groups excluding carboxylic acids is 1. The maximum absolute atomic E-state index is 14.0. The number of esters is 1. The van der Waals surface area contributed by atoms with Gasteiger partial charge in [0.25, 0.3) is 5.56 Å². The number of alkyl halides is 1.